The second-order valence-corrected chi connectivity index (χ2v) is 5.95. The van der Waals surface area contributed by atoms with Gasteiger partial charge in [0, 0.05) is 16.6 Å². The molecule has 0 aliphatic carbocycles. The third-order valence-corrected chi connectivity index (χ3v) is 4.30. The maximum absolute atomic E-state index is 12.4. The number of nitrogens with one attached hydrogen (secondary N) is 2. The molecular weight excluding hydrogens is 304 g/mol. The molecule has 0 saturated carbocycles. The van der Waals surface area contributed by atoms with Crippen molar-refractivity contribution in [3.63, 3.8) is 0 Å². The first-order valence-corrected chi connectivity index (χ1v) is 7.94. The predicted molar refractivity (Wildman–Crippen MR) is 94.8 cm³/mol. The molecule has 1 aromatic carbocycles. The molecule has 1 amide bonds. The van der Waals surface area contributed by atoms with Gasteiger partial charge in [-0.1, -0.05) is 13.0 Å². The van der Waals surface area contributed by atoms with Gasteiger partial charge in [0.25, 0.3) is 11.5 Å². The number of pyridine rings is 1. The molecule has 24 heavy (non-hydrogen) atoms. The summed E-state index contributed by atoms with van der Waals surface area (Å²) < 4.78 is 5.39. The number of furan rings is 1. The van der Waals surface area contributed by atoms with Crippen LogP contribution < -0.4 is 10.9 Å². The van der Waals surface area contributed by atoms with E-state index in [1.54, 1.807) is 26.0 Å². The molecule has 0 saturated heterocycles. The second-order valence-electron chi connectivity index (χ2n) is 5.95. The Labute approximate surface area is 139 Å². The number of fused-ring (bicyclic) bond motifs is 1. The molecule has 0 radical (unpaired) electrons. The van der Waals surface area contributed by atoms with Crippen molar-refractivity contribution in [1.82, 2.24) is 4.98 Å². The number of aromatic nitrogens is 1. The lowest BCUT2D eigenvalue weighted by Gasteiger charge is -2.10. The summed E-state index contributed by atoms with van der Waals surface area (Å²) in [7, 11) is 0. The van der Waals surface area contributed by atoms with E-state index < -0.39 is 0 Å². The molecule has 2 N–H and O–H groups in total. The van der Waals surface area contributed by atoms with E-state index in [2.05, 4.69) is 10.3 Å². The number of anilines is 1. The highest BCUT2D eigenvalue weighted by atomic mass is 16.3. The number of carbonyl (C=O) groups is 1. The van der Waals surface area contributed by atoms with Gasteiger partial charge in [-0.3, -0.25) is 9.59 Å². The van der Waals surface area contributed by atoms with Gasteiger partial charge in [-0.2, -0.15) is 0 Å². The topological polar surface area (TPSA) is 75.1 Å². The van der Waals surface area contributed by atoms with E-state index in [0.717, 1.165) is 16.5 Å². The van der Waals surface area contributed by atoms with Crippen LogP contribution in [0.15, 0.2) is 33.5 Å². The first kappa shape index (κ1) is 16.1. The Kier molecular flexibility index (Phi) is 4.01. The minimum atomic E-state index is -0.229. The Morgan fingerprint density at radius 3 is 2.58 bits per heavy atom. The zero-order valence-electron chi connectivity index (χ0n) is 14.2. The minimum absolute atomic E-state index is 0.0766. The van der Waals surface area contributed by atoms with E-state index in [4.69, 9.17) is 4.42 Å². The second kappa shape index (κ2) is 6.00. The minimum Gasteiger partial charge on any atom is -0.466 e. The van der Waals surface area contributed by atoms with Crippen LogP contribution in [0, 0.1) is 20.8 Å². The number of benzene rings is 1. The molecule has 2 heterocycles. The van der Waals surface area contributed by atoms with Crippen LogP contribution in [-0.2, 0) is 6.42 Å². The van der Waals surface area contributed by atoms with Gasteiger partial charge in [0.1, 0.15) is 11.5 Å². The van der Waals surface area contributed by atoms with Gasteiger partial charge in [-0.05, 0) is 51.0 Å². The first-order chi connectivity index (χ1) is 11.4. The van der Waals surface area contributed by atoms with E-state index in [1.807, 2.05) is 26.0 Å². The molecule has 5 nitrogen and oxygen atoms in total. The first-order valence-electron chi connectivity index (χ1n) is 7.94. The van der Waals surface area contributed by atoms with Crippen LogP contribution in [0.3, 0.4) is 0 Å². The molecule has 5 heteroatoms. The standard InChI is InChI=1S/C19H20N2O3/c1-5-14-11(3)15-7-6-13(9-17(15)21-18(14)22)20-19(23)16-8-10(2)24-12(16)4/h6-9H,5H2,1-4H3,(H,20,23)(H,21,22). The normalized spacial score (nSPS) is 11.0. The SMILES string of the molecule is CCc1c(C)c2ccc(NC(=O)c3cc(C)oc3C)cc2[nH]c1=O. The van der Waals surface area contributed by atoms with Crippen LogP contribution >= 0.6 is 0 Å². The van der Waals surface area contributed by atoms with Gasteiger partial charge in [-0.25, -0.2) is 0 Å². The zero-order chi connectivity index (χ0) is 17.4. The maximum Gasteiger partial charge on any atom is 0.259 e. The third-order valence-electron chi connectivity index (χ3n) is 4.30. The molecule has 2 aromatic heterocycles. The van der Waals surface area contributed by atoms with Crippen LogP contribution in [0.25, 0.3) is 10.9 Å². The molecule has 0 spiro atoms. The van der Waals surface area contributed by atoms with E-state index in [9.17, 15) is 9.59 Å². The van der Waals surface area contributed by atoms with Crippen LogP contribution in [0.5, 0.6) is 0 Å². The number of hydrogen-bond acceptors (Lipinski definition) is 3. The number of hydrogen-bond donors (Lipinski definition) is 2. The summed E-state index contributed by atoms with van der Waals surface area (Å²) in [5.74, 6) is 1.05. The molecule has 124 valence electrons. The summed E-state index contributed by atoms with van der Waals surface area (Å²) in [5.41, 5.74) is 3.56. The number of carbonyl (C=O) groups excluding carboxylic acids is 1. The highest BCUT2D eigenvalue weighted by Crippen LogP contribution is 2.22. The Bertz CT molecular complexity index is 996. The smallest absolute Gasteiger partial charge is 0.259 e. The van der Waals surface area contributed by atoms with Crippen molar-refractivity contribution in [2.24, 2.45) is 0 Å². The van der Waals surface area contributed by atoms with E-state index in [0.29, 0.717) is 34.7 Å². The number of amides is 1. The Hall–Kier alpha value is -2.82. The van der Waals surface area contributed by atoms with E-state index in [1.165, 1.54) is 0 Å². The quantitative estimate of drug-likeness (QED) is 0.768. The van der Waals surface area contributed by atoms with Crippen molar-refractivity contribution < 1.29 is 9.21 Å². The van der Waals surface area contributed by atoms with E-state index >= 15 is 0 Å². The molecule has 0 bridgehead atoms. The van der Waals surface area contributed by atoms with Crippen molar-refractivity contribution in [2.45, 2.75) is 34.1 Å². The molecule has 0 aliphatic heterocycles. The third kappa shape index (κ3) is 2.73. The van der Waals surface area contributed by atoms with Crippen molar-refractivity contribution in [2.75, 3.05) is 5.32 Å². The van der Waals surface area contributed by atoms with Gasteiger partial charge in [-0.15, -0.1) is 0 Å². The van der Waals surface area contributed by atoms with Gasteiger partial charge in [0.15, 0.2) is 0 Å². The Morgan fingerprint density at radius 1 is 1.21 bits per heavy atom. The number of rotatable bonds is 3. The molecular formula is C19H20N2O3. The zero-order valence-corrected chi connectivity index (χ0v) is 14.2. The summed E-state index contributed by atoms with van der Waals surface area (Å²) in [4.78, 5) is 27.4. The monoisotopic (exact) mass is 324 g/mol. The van der Waals surface area contributed by atoms with Crippen molar-refractivity contribution in [3.05, 3.63) is 62.8 Å². The average Bonchev–Trinajstić information content (AvgIpc) is 2.86. The largest absolute Gasteiger partial charge is 0.466 e. The van der Waals surface area contributed by atoms with Crippen LogP contribution in [-0.4, -0.2) is 10.9 Å². The van der Waals surface area contributed by atoms with Crippen LogP contribution in [0.1, 0.15) is 39.9 Å². The highest BCUT2D eigenvalue weighted by molar-refractivity contribution is 6.05. The molecule has 0 unspecified atom stereocenters. The lowest BCUT2D eigenvalue weighted by atomic mass is 10.0. The van der Waals surface area contributed by atoms with E-state index in [-0.39, 0.29) is 11.5 Å². The summed E-state index contributed by atoms with van der Waals surface area (Å²) >= 11 is 0. The molecule has 0 aliphatic rings. The lowest BCUT2D eigenvalue weighted by Crippen LogP contribution is -2.15. The fourth-order valence-electron chi connectivity index (χ4n) is 3.06. The molecule has 0 fully saturated rings. The van der Waals surface area contributed by atoms with Gasteiger partial charge < -0.3 is 14.7 Å². The summed E-state index contributed by atoms with van der Waals surface area (Å²) in [5, 5.41) is 3.84. The highest BCUT2D eigenvalue weighted by Gasteiger charge is 2.14. The van der Waals surface area contributed by atoms with Crippen molar-refractivity contribution in [1.29, 1.82) is 0 Å². The van der Waals surface area contributed by atoms with Crippen molar-refractivity contribution in [3.8, 4) is 0 Å². The Balaban J connectivity index is 1.98. The fourth-order valence-corrected chi connectivity index (χ4v) is 3.06. The van der Waals surface area contributed by atoms with Crippen LogP contribution in [0.4, 0.5) is 5.69 Å². The predicted octanol–water partition coefficient (Wildman–Crippen LogP) is 3.86. The van der Waals surface area contributed by atoms with Gasteiger partial charge >= 0.3 is 0 Å². The number of aryl methyl sites for hydroxylation is 3. The van der Waals surface area contributed by atoms with Gasteiger partial charge in [0.2, 0.25) is 0 Å². The average molecular weight is 324 g/mol. The Morgan fingerprint density at radius 2 is 1.96 bits per heavy atom. The van der Waals surface area contributed by atoms with Crippen molar-refractivity contribution >= 4 is 22.5 Å². The maximum atomic E-state index is 12.4. The lowest BCUT2D eigenvalue weighted by molar-refractivity contribution is 0.102. The number of aromatic amines is 1. The van der Waals surface area contributed by atoms with Crippen LogP contribution in [0.2, 0.25) is 0 Å². The molecule has 3 aromatic rings. The van der Waals surface area contributed by atoms with Gasteiger partial charge in [0.05, 0.1) is 11.1 Å². The summed E-state index contributed by atoms with van der Waals surface area (Å²) in [6.45, 7) is 7.48. The fraction of sp³-hybridized carbons (Fsp3) is 0.263. The molecule has 0 atom stereocenters. The summed E-state index contributed by atoms with van der Waals surface area (Å²) in [6, 6.07) is 7.25. The molecule has 3 rings (SSSR count). The summed E-state index contributed by atoms with van der Waals surface area (Å²) in [6.07, 6.45) is 0.689. The number of H-pyrrole nitrogens is 1.